The highest BCUT2D eigenvalue weighted by Crippen LogP contribution is 2.39. The Morgan fingerprint density at radius 2 is 1.71 bits per heavy atom. The summed E-state index contributed by atoms with van der Waals surface area (Å²) < 4.78 is 20.3. The molecule has 1 saturated heterocycles. The number of nitro benzene ring substituents is 1. The fraction of sp³-hybridized carbons (Fsp3) is 0.342. The lowest BCUT2D eigenvalue weighted by molar-refractivity contribution is -0.384. The van der Waals surface area contributed by atoms with Gasteiger partial charge >= 0.3 is 5.97 Å². The van der Waals surface area contributed by atoms with E-state index in [0.29, 0.717) is 71.6 Å². The number of nitrogens with zero attached hydrogens (tertiary/aromatic N) is 5. The molecule has 13 nitrogen and oxygen atoms in total. The van der Waals surface area contributed by atoms with E-state index in [0.717, 1.165) is 5.56 Å². The van der Waals surface area contributed by atoms with Crippen LogP contribution >= 0.6 is 11.8 Å². The SMILES string of the molecule is CC(C)CNc1nc(OCCc2ccc([N+](=O)[O-])cc2)c2ncn(C3C[C@H](CSC(=O)c4ccccc4)[C@@H](CCOC(=O)c4ccccc4)O3)c2n1. The Morgan fingerprint density at radius 1 is 1.00 bits per heavy atom. The van der Waals surface area contributed by atoms with Gasteiger partial charge in [-0.05, 0) is 36.0 Å². The van der Waals surface area contributed by atoms with Crippen LogP contribution in [0.25, 0.3) is 11.2 Å². The van der Waals surface area contributed by atoms with Gasteiger partial charge in [-0.3, -0.25) is 19.5 Å². The fourth-order valence-electron chi connectivity index (χ4n) is 5.83. The van der Waals surface area contributed by atoms with Crippen LogP contribution in [0.3, 0.4) is 0 Å². The molecular formula is C38H40N6O7S. The number of fused-ring (bicyclic) bond motifs is 1. The predicted octanol–water partition coefficient (Wildman–Crippen LogP) is 7.15. The predicted molar refractivity (Wildman–Crippen MR) is 198 cm³/mol. The Labute approximate surface area is 305 Å². The van der Waals surface area contributed by atoms with Crippen LogP contribution in [0.5, 0.6) is 5.88 Å². The molecule has 1 unspecified atom stereocenters. The van der Waals surface area contributed by atoms with Crippen LogP contribution in [0, 0.1) is 22.0 Å². The summed E-state index contributed by atoms with van der Waals surface area (Å²) in [5.74, 6) is 1.11. The van der Waals surface area contributed by atoms with Gasteiger partial charge in [-0.1, -0.05) is 86.3 Å². The number of benzene rings is 3. The summed E-state index contributed by atoms with van der Waals surface area (Å²) in [6, 6.07) is 24.4. The number of anilines is 1. The lowest BCUT2D eigenvalue weighted by Crippen LogP contribution is -2.22. The van der Waals surface area contributed by atoms with Crippen molar-refractivity contribution in [2.45, 2.75) is 45.4 Å². The summed E-state index contributed by atoms with van der Waals surface area (Å²) >= 11 is 1.25. The third-order valence-electron chi connectivity index (χ3n) is 8.59. The molecule has 270 valence electrons. The van der Waals surface area contributed by atoms with E-state index in [1.807, 2.05) is 28.8 Å². The highest BCUT2D eigenvalue weighted by Gasteiger charge is 2.37. The summed E-state index contributed by atoms with van der Waals surface area (Å²) in [4.78, 5) is 50.4. The highest BCUT2D eigenvalue weighted by atomic mass is 32.2. The molecule has 14 heteroatoms. The van der Waals surface area contributed by atoms with E-state index in [1.54, 1.807) is 54.9 Å². The van der Waals surface area contributed by atoms with E-state index < -0.39 is 17.1 Å². The van der Waals surface area contributed by atoms with Crippen LogP contribution in [-0.2, 0) is 15.9 Å². The van der Waals surface area contributed by atoms with Gasteiger partial charge in [0, 0.05) is 42.8 Å². The summed E-state index contributed by atoms with van der Waals surface area (Å²) in [5, 5.41) is 14.3. The van der Waals surface area contributed by atoms with Gasteiger partial charge < -0.3 is 19.5 Å². The number of thioether (sulfide) groups is 1. The number of aromatic nitrogens is 4. The smallest absolute Gasteiger partial charge is 0.338 e. The molecule has 0 saturated carbocycles. The molecule has 52 heavy (non-hydrogen) atoms. The van der Waals surface area contributed by atoms with Gasteiger partial charge in [0.15, 0.2) is 11.2 Å². The van der Waals surface area contributed by atoms with Crippen molar-refractivity contribution in [2.75, 3.05) is 30.8 Å². The lowest BCUT2D eigenvalue weighted by atomic mass is 10.0. The maximum Gasteiger partial charge on any atom is 0.338 e. The minimum absolute atomic E-state index is 0.0180. The Hall–Kier alpha value is -5.34. The molecule has 0 amide bonds. The molecule has 2 aromatic heterocycles. The average molecular weight is 725 g/mol. The quantitative estimate of drug-likeness (QED) is 0.0623. The second kappa shape index (κ2) is 17.2. The zero-order valence-electron chi connectivity index (χ0n) is 28.9. The zero-order chi connectivity index (χ0) is 36.5. The van der Waals surface area contributed by atoms with E-state index in [2.05, 4.69) is 29.1 Å². The van der Waals surface area contributed by atoms with Crippen molar-refractivity contribution >= 4 is 45.6 Å². The first-order chi connectivity index (χ1) is 25.2. The maximum absolute atomic E-state index is 13.0. The van der Waals surface area contributed by atoms with Gasteiger partial charge in [0.1, 0.15) is 6.23 Å². The highest BCUT2D eigenvalue weighted by molar-refractivity contribution is 8.14. The third kappa shape index (κ3) is 9.30. The zero-order valence-corrected chi connectivity index (χ0v) is 29.7. The Balaban J connectivity index is 1.20. The number of nitrogens with one attached hydrogen (secondary N) is 1. The first-order valence-corrected chi connectivity index (χ1v) is 18.2. The summed E-state index contributed by atoms with van der Waals surface area (Å²) in [6.45, 7) is 5.23. The van der Waals surface area contributed by atoms with Crippen molar-refractivity contribution in [3.8, 4) is 5.88 Å². The first kappa shape index (κ1) is 36.5. The third-order valence-corrected chi connectivity index (χ3v) is 9.68. The molecule has 1 fully saturated rings. The number of hydrogen-bond acceptors (Lipinski definition) is 12. The van der Waals surface area contributed by atoms with E-state index in [1.165, 1.54) is 23.9 Å². The molecule has 0 bridgehead atoms. The van der Waals surface area contributed by atoms with Crippen LogP contribution < -0.4 is 10.1 Å². The Bertz CT molecular complexity index is 1980. The van der Waals surface area contributed by atoms with Gasteiger partial charge in [0.05, 0.1) is 36.1 Å². The first-order valence-electron chi connectivity index (χ1n) is 17.2. The maximum atomic E-state index is 13.0. The lowest BCUT2D eigenvalue weighted by Gasteiger charge is -2.18. The Morgan fingerprint density at radius 3 is 2.40 bits per heavy atom. The number of rotatable bonds is 16. The molecule has 0 aliphatic carbocycles. The largest absolute Gasteiger partial charge is 0.476 e. The molecule has 0 radical (unpaired) electrons. The van der Waals surface area contributed by atoms with Crippen LogP contribution in [0.2, 0.25) is 0 Å². The molecule has 5 aromatic rings. The second-order valence-electron chi connectivity index (χ2n) is 12.9. The van der Waals surface area contributed by atoms with E-state index in [-0.39, 0.29) is 36.0 Å². The van der Waals surface area contributed by atoms with Crippen LogP contribution in [0.4, 0.5) is 11.6 Å². The van der Waals surface area contributed by atoms with Gasteiger partial charge in [0.25, 0.3) is 5.69 Å². The molecule has 3 aromatic carbocycles. The summed E-state index contributed by atoms with van der Waals surface area (Å²) in [6.07, 6.45) is 2.42. The van der Waals surface area contributed by atoms with Crippen LogP contribution in [0.15, 0.2) is 91.3 Å². The number of ether oxygens (including phenoxy) is 3. The number of hydrogen-bond donors (Lipinski definition) is 1. The number of carbonyl (C=O) groups excluding carboxylic acids is 2. The minimum Gasteiger partial charge on any atom is -0.476 e. The number of imidazole rings is 1. The van der Waals surface area contributed by atoms with E-state index in [4.69, 9.17) is 19.2 Å². The number of non-ortho nitro benzene ring substituents is 1. The van der Waals surface area contributed by atoms with Crippen LogP contribution in [-0.4, -0.2) is 67.1 Å². The van der Waals surface area contributed by atoms with Crippen LogP contribution in [0.1, 0.15) is 59.2 Å². The molecule has 3 heterocycles. The standard InChI is InChI=1S/C38H40N6O7S/c1-25(2)22-39-38-41-34-33(35(42-38)49-19-17-26-13-15-30(16-14-26)44(47)48)40-24-43(34)32-21-29(23-52-37(46)28-11-7-4-8-12-28)31(51-32)18-20-50-36(45)27-9-5-3-6-10-27/h3-16,24-25,29,31-32H,17-23H2,1-2H3,(H,39,41,42)/t29-,31-,32?/m1/s1. The molecule has 1 aliphatic rings. The van der Waals surface area contributed by atoms with Gasteiger partial charge in [-0.25, -0.2) is 9.78 Å². The topological polar surface area (TPSA) is 161 Å². The van der Waals surface area contributed by atoms with Gasteiger partial charge in [-0.15, -0.1) is 0 Å². The second-order valence-corrected chi connectivity index (χ2v) is 13.8. The monoisotopic (exact) mass is 724 g/mol. The van der Waals surface area contributed by atoms with Crippen molar-refractivity contribution in [3.05, 3.63) is 118 Å². The van der Waals surface area contributed by atoms with Crippen molar-refractivity contribution in [2.24, 2.45) is 11.8 Å². The summed E-state index contributed by atoms with van der Waals surface area (Å²) in [5.41, 5.74) is 3.02. The molecule has 3 atom stereocenters. The van der Waals surface area contributed by atoms with E-state index >= 15 is 0 Å². The van der Waals surface area contributed by atoms with Gasteiger partial charge in [-0.2, -0.15) is 9.97 Å². The average Bonchev–Trinajstić information content (AvgIpc) is 3.78. The van der Waals surface area contributed by atoms with E-state index in [9.17, 15) is 19.7 Å². The van der Waals surface area contributed by atoms with Crippen molar-refractivity contribution in [1.82, 2.24) is 19.5 Å². The number of nitro groups is 1. The molecule has 0 spiro atoms. The number of carbonyl (C=O) groups is 2. The fourth-order valence-corrected chi connectivity index (χ4v) is 6.85. The van der Waals surface area contributed by atoms with Crippen molar-refractivity contribution < 1.29 is 28.7 Å². The van der Waals surface area contributed by atoms with Crippen molar-refractivity contribution in [3.63, 3.8) is 0 Å². The Kier molecular flexibility index (Phi) is 12.1. The molecule has 6 rings (SSSR count). The molecule has 1 aliphatic heterocycles. The number of esters is 1. The molecule has 1 N–H and O–H groups in total. The van der Waals surface area contributed by atoms with Crippen molar-refractivity contribution in [1.29, 1.82) is 0 Å². The summed E-state index contributed by atoms with van der Waals surface area (Å²) in [7, 11) is 0. The molecular weight excluding hydrogens is 685 g/mol. The minimum atomic E-state index is -0.460. The normalized spacial score (nSPS) is 16.9. The van der Waals surface area contributed by atoms with Gasteiger partial charge in [0.2, 0.25) is 16.9 Å².